The topological polar surface area (TPSA) is 70.0 Å². The van der Waals surface area contributed by atoms with E-state index >= 15 is 0 Å². The van der Waals surface area contributed by atoms with Crippen LogP contribution < -0.4 is 4.72 Å². The molecule has 0 spiro atoms. The number of nitrogens with zero attached hydrogens (tertiary/aromatic N) is 1. The number of hydrogen-bond donors (Lipinski definition) is 1. The molecule has 0 saturated carbocycles. The highest BCUT2D eigenvalue weighted by Crippen LogP contribution is 2.30. The first-order valence-corrected chi connectivity index (χ1v) is 9.54. The number of sulfonamides is 1. The standard InChI is InChI=1S/C17H11ClN2O2S2/c18-16-10-14(23-11-19)6-8-17(16)20-24(21,22)15-7-5-12-3-1-2-4-13(12)9-15/h1-10,20H. The van der Waals surface area contributed by atoms with E-state index in [0.29, 0.717) is 4.90 Å². The molecule has 0 unspecified atom stereocenters. The lowest BCUT2D eigenvalue weighted by atomic mass is 10.1. The van der Waals surface area contributed by atoms with Gasteiger partial charge in [0, 0.05) is 4.90 Å². The van der Waals surface area contributed by atoms with Gasteiger partial charge in [-0.1, -0.05) is 41.9 Å². The molecule has 24 heavy (non-hydrogen) atoms. The number of rotatable bonds is 4. The van der Waals surface area contributed by atoms with Crippen molar-refractivity contribution in [2.24, 2.45) is 0 Å². The number of hydrogen-bond acceptors (Lipinski definition) is 4. The Morgan fingerprint density at radius 3 is 2.46 bits per heavy atom. The molecule has 4 nitrogen and oxygen atoms in total. The van der Waals surface area contributed by atoms with E-state index in [-0.39, 0.29) is 15.6 Å². The third-order valence-electron chi connectivity index (χ3n) is 3.38. The Labute approximate surface area is 149 Å². The van der Waals surface area contributed by atoms with Crippen LogP contribution in [0.4, 0.5) is 5.69 Å². The highest BCUT2D eigenvalue weighted by Gasteiger charge is 2.16. The molecule has 1 N–H and O–H groups in total. The maximum Gasteiger partial charge on any atom is 0.261 e. The summed E-state index contributed by atoms with van der Waals surface area (Å²) in [5.74, 6) is 0. The fraction of sp³-hybridized carbons (Fsp3) is 0. The van der Waals surface area contributed by atoms with Crippen LogP contribution >= 0.6 is 23.4 Å². The summed E-state index contributed by atoms with van der Waals surface area (Å²) in [4.78, 5) is 0.809. The van der Waals surface area contributed by atoms with E-state index in [4.69, 9.17) is 16.9 Å². The van der Waals surface area contributed by atoms with Crippen molar-refractivity contribution in [3.63, 3.8) is 0 Å². The summed E-state index contributed by atoms with van der Waals surface area (Å²) in [7, 11) is -3.76. The molecule has 0 aliphatic carbocycles. The third kappa shape index (κ3) is 3.49. The molecular weight excluding hydrogens is 364 g/mol. The average Bonchev–Trinajstić information content (AvgIpc) is 2.57. The van der Waals surface area contributed by atoms with Gasteiger partial charge in [0.05, 0.1) is 15.6 Å². The van der Waals surface area contributed by atoms with Crippen molar-refractivity contribution < 1.29 is 8.42 Å². The van der Waals surface area contributed by atoms with Crippen LogP contribution in [0.2, 0.25) is 5.02 Å². The molecule has 0 amide bonds. The summed E-state index contributed by atoms with van der Waals surface area (Å²) in [6, 6.07) is 17.2. The molecule has 0 radical (unpaired) electrons. The predicted molar refractivity (Wildman–Crippen MR) is 97.7 cm³/mol. The molecule has 0 aliphatic heterocycles. The second kappa shape index (κ2) is 6.73. The summed E-state index contributed by atoms with van der Waals surface area (Å²) in [5, 5.41) is 12.6. The molecule has 3 aromatic carbocycles. The van der Waals surface area contributed by atoms with Crippen LogP contribution in [0.1, 0.15) is 0 Å². The largest absolute Gasteiger partial charge is 0.278 e. The van der Waals surface area contributed by atoms with Crippen LogP contribution in [0.5, 0.6) is 0 Å². The molecule has 0 heterocycles. The number of anilines is 1. The molecule has 0 saturated heterocycles. The van der Waals surface area contributed by atoms with Crippen molar-refractivity contribution in [1.29, 1.82) is 5.26 Å². The Balaban J connectivity index is 1.94. The first-order chi connectivity index (χ1) is 11.5. The van der Waals surface area contributed by atoms with E-state index in [2.05, 4.69) is 4.72 Å². The van der Waals surface area contributed by atoms with Gasteiger partial charge < -0.3 is 0 Å². The van der Waals surface area contributed by atoms with Gasteiger partial charge in [0.15, 0.2) is 0 Å². The minimum atomic E-state index is -3.76. The summed E-state index contributed by atoms with van der Waals surface area (Å²) >= 11 is 7.06. The van der Waals surface area contributed by atoms with Crippen molar-refractivity contribution in [2.45, 2.75) is 9.79 Å². The molecule has 3 rings (SSSR count). The lowest BCUT2D eigenvalue weighted by Crippen LogP contribution is -2.13. The van der Waals surface area contributed by atoms with E-state index in [1.54, 1.807) is 36.4 Å². The number of thioether (sulfide) groups is 1. The molecular formula is C17H11ClN2O2S2. The SMILES string of the molecule is N#CSc1ccc(NS(=O)(=O)c2ccc3ccccc3c2)c(Cl)c1. The second-order valence-electron chi connectivity index (χ2n) is 4.95. The molecule has 7 heteroatoms. The third-order valence-corrected chi connectivity index (χ3v) is 5.64. The van der Waals surface area contributed by atoms with Gasteiger partial charge >= 0.3 is 0 Å². The number of nitrogens with one attached hydrogen (secondary N) is 1. The van der Waals surface area contributed by atoms with E-state index in [9.17, 15) is 8.42 Å². The first kappa shape index (κ1) is 16.7. The fourth-order valence-electron chi connectivity index (χ4n) is 2.23. The lowest BCUT2D eigenvalue weighted by Gasteiger charge is -2.11. The zero-order valence-electron chi connectivity index (χ0n) is 12.2. The molecule has 0 fully saturated rings. The van der Waals surface area contributed by atoms with E-state index < -0.39 is 10.0 Å². The summed E-state index contributed by atoms with van der Waals surface area (Å²) in [5.41, 5.74) is 0.270. The lowest BCUT2D eigenvalue weighted by molar-refractivity contribution is 0.601. The Morgan fingerprint density at radius 2 is 1.75 bits per heavy atom. The van der Waals surface area contributed by atoms with E-state index in [0.717, 1.165) is 22.5 Å². The van der Waals surface area contributed by atoms with Gasteiger partial charge in [-0.05, 0) is 52.9 Å². The van der Waals surface area contributed by atoms with Gasteiger partial charge in [-0.2, -0.15) is 5.26 Å². The Hall–Kier alpha value is -2.20. The van der Waals surface area contributed by atoms with Crippen molar-refractivity contribution in [3.8, 4) is 5.40 Å². The summed E-state index contributed by atoms with van der Waals surface area (Å²) < 4.78 is 27.6. The molecule has 120 valence electrons. The van der Waals surface area contributed by atoms with Gasteiger partial charge in [-0.3, -0.25) is 4.72 Å². The number of thiocyanates is 1. The van der Waals surface area contributed by atoms with Gasteiger partial charge in [0.2, 0.25) is 0 Å². The van der Waals surface area contributed by atoms with Crippen molar-refractivity contribution in [3.05, 3.63) is 65.7 Å². The molecule has 0 atom stereocenters. The zero-order valence-corrected chi connectivity index (χ0v) is 14.6. The Bertz CT molecular complexity index is 1060. The number of fused-ring (bicyclic) bond motifs is 1. The minimum Gasteiger partial charge on any atom is -0.278 e. The molecule has 3 aromatic rings. The highest BCUT2D eigenvalue weighted by molar-refractivity contribution is 8.03. The highest BCUT2D eigenvalue weighted by atomic mass is 35.5. The fourth-order valence-corrected chi connectivity index (χ4v) is 4.11. The van der Waals surface area contributed by atoms with E-state index in [1.165, 1.54) is 0 Å². The number of nitriles is 1. The van der Waals surface area contributed by atoms with Crippen LogP contribution in [0.15, 0.2) is 70.5 Å². The maximum absolute atomic E-state index is 12.6. The van der Waals surface area contributed by atoms with Crippen LogP contribution in [-0.2, 0) is 10.0 Å². The van der Waals surface area contributed by atoms with Crippen LogP contribution in [-0.4, -0.2) is 8.42 Å². The van der Waals surface area contributed by atoms with Gasteiger partial charge in [0.1, 0.15) is 5.40 Å². The quantitative estimate of drug-likeness (QED) is 0.522. The van der Waals surface area contributed by atoms with Crippen molar-refractivity contribution >= 4 is 49.8 Å². The second-order valence-corrected chi connectivity index (χ2v) is 7.90. The predicted octanol–water partition coefficient (Wildman–Crippen LogP) is 4.87. The number of halogens is 1. The summed E-state index contributed by atoms with van der Waals surface area (Å²) in [6.45, 7) is 0. The van der Waals surface area contributed by atoms with E-state index in [1.807, 2.05) is 29.7 Å². The Kier molecular flexibility index (Phi) is 4.67. The molecule has 0 aliphatic rings. The maximum atomic E-state index is 12.6. The monoisotopic (exact) mass is 374 g/mol. The van der Waals surface area contributed by atoms with Crippen molar-refractivity contribution in [1.82, 2.24) is 0 Å². The summed E-state index contributed by atoms with van der Waals surface area (Å²) in [6.07, 6.45) is 0. The van der Waals surface area contributed by atoms with Crippen LogP contribution in [0.3, 0.4) is 0 Å². The minimum absolute atomic E-state index is 0.160. The van der Waals surface area contributed by atoms with Crippen LogP contribution in [0.25, 0.3) is 10.8 Å². The molecule has 0 aromatic heterocycles. The van der Waals surface area contributed by atoms with Crippen molar-refractivity contribution in [2.75, 3.05) is 4.72 Å². The van der Waals surface area contributed by atoms with Gasteiger partial charge in [-0.25, -0.2) is 8.42 Å². The van der Waals surface area contributed by atoms with Gasteiger partial charge in [0.25, 0.3) is 10.0 Å². The Morgan fingerprint density at radius 1 is 1.00 bits per heavy atom. The zero-order chi connectivity index (χ0) is 17.2. The molecule has 0 bridgehead atoms. The van der Waals surface area contributed by atoms with Gasteiger partial charge in [-0.15, -0.1) is 0 Å². The number of benzene rings is 3. The normalized spacial score (nSPS) is 11.2. The first-order valence-electron chi connectivity index (χ1n) is 6.87. The smallest absolute Gasteiger partial charge is 0.261 e. The van der Waals surface area contributed by atoms with Crippen LogP contribution in [0, 0.1) is 10.7 Å². The average molecular weight is 375 g/mol.